The van der Waals surface area contributed by atoms with Crippen molar-refractivity contribution < 1.29 is 9.90 Å². The van der Waals surface area contributed by atoms with Gasteiger partial charge in [-0.3, -0.25) is 4.79 Å². The Morgan fingerprint density at radius 3 is 2.76 bits per heavy atom. The molecule has 0 bridgehead atoms. The topological polar surface area (TPSA) is 42.2 Å². The predicted molar refractivity (Wildman–Crippen MR) is 84.9 cm³/mol. The molecule has 1 saturated carbocycles. The Balaban J connectivity index is 1.95. The van der Waals surface area contributed by atoms with Crippen LogP contribution in [0.1, 0.15) is 37.7 Å². The van der Waals surface area contributed by atoms with Crippen LogP contribution in [0.15, 0.2) is 24.4 Å². The highest BCUT2D eigenvalue weighted by molar-refractivity contribution is 6.31. The number of carboxylic acid groups (broad SMARTS) is 1. The van der Waals surface area contributed by atoms with E-state index in [2.05, 4.69) is 4.57 Å². The first-order valence-corrected chi connectivity index (χ1v) is 8.00. The molecule has 0 unspecified atom stereocenters. The van der Waals surface area contributed by atoms with Crippen molar-refractivity contribution in [1.82, 2.24) is 4.57 Å². The molecule has 112 valence electrons. The van der Waals surface area contributed by atoms with Gasteiger partial charge >= 0.3 is 5.97 Å². The summed E-state index contributed by atoms with van der Waals surface area (Å²) in [7, 11) is 0. The maximum atomic E-state index is 11.1. The summed E-state index contributed by atoms with van der Waals surface area (Å²) in [5.41, 5.74) is 1.96. The number of aliphatic carboxylic acids is 1. The number of fused-ring (bicyclic) bond motifs is 1. The van der Waals surface area contributed by atoms with Crippen LogP contribution in [0.2, 0.25) is 5.02 Å². The van der Waals surface area contributed by atoms with E-state index < -0.39 is 5.97 Å². The molecule has 1 aromatic heterocycles. The van der Waals surface area contributed by atoms with Crippen LogP contribution in [0.4, 0.5) is 0 Å². The number of nitrogens with zero attached hydrogens (tertiary/aromatic N) is 1. The van der Waals surface area contributed by atoms with Crippen molar-refractivity contribution in [1.29, 1.82) is 0 Å². The zero-order valence-corrected chi connectivity index (χ0v) is 12.8. The van der Waals surface area contributed by atoms with Gasteiger partial charge < -0.3 is 9.67 Å². The second-order valence-corrected chi connectivity index (χ2v) is 6.48. The normalized spacial score (nSPS) is 16.4. The first-order chi connectivity index (χ1) is 10.1. The molecular formula is C17H20ClNO2. The highest BCUT2D eigenvalue weighted by Crippen LogP contribution is 2.30. The van der Waals surface area contributed by atoms with Gasteiger partial charge in [0.2, 0.25) is 0 Å². The molecule has 0 spiro atoms. The van der Waals surface area contributed by atoms with E-state index in [0.717, 1.165) is 23.0 Å². The third-order valence-electron chi connectivity index (χ3n) is 4.45. The lowest BCUT2D eigenvalue weighted by Crippen LogP contribution is -2.13. The lowest BCUT2D eigenvalue weighted by Gasteiger charge is -2.22. The number of aromatic nitrogens is 1. The van der Waals surface area contributed by atoms with E-state index in [1.807, 2.05) is 24.4 Å². The van der Waals surface area contributed by atoms with Crippen LogP contribution in [0, 0.1) is 5.92 Å². The number of benzene rings is 1. The van der Waals surface area contributed by atoms with Crippen LogP contribution in [-0.4, -0.2) is 15.6 Å². The number of hydrogen-bond acceptors (Lipinski definition) is 1. The minimum absolute atomic E-state index is 0.0501. The summed E-state index contributed by atoms with van der Waals surface area (Å²) in [6, 6.07) is 5.77. The third-order valence-corrected chi connectivity index (χ3v) is 4.68. The maximum absolute atomic E-state index is 11.1. The highest BCUT2D eigenvalue weighted by atomic mass is 35.5. The second-order valence-electron chi connectivity index (χ2n) is 6.04. The van der Waals surface area contributed by atoms with Crippen molar-refractivity contribution in [2.24, 2.45) is 5.92 Å². The van der Waals surface area contributed by atoms with Gasteiger partial charge in [-0.25, -0.2) is 0 Å². The molecule has 0 aliphatic heterocycles. The minimum Gasteiger partial charge on any atom is -0.481 e. The molecule has 1 heterocycles. The van der Waals surface area contributed by atoms with E-state index >= 15 is 0 Å². The first-order valence-electron chi connectivity index (χ1n) is 7.62. The van der Waals surface area contributed by atoms with Crippen molar-refractivity contribution in [3.05, 3.63) is 35.0 Å². The Labute approximate surface area is 129 Å². The Bertz CT molecular complexity index is 656. The molecule has 0 amide bonds. The van der Waals surface area contributed by atoms with Crippen LogP contribution < -0.4 is 0 Å². The molecule has 2 aromatic rings. The van der Waals surface area contributed by atoms with E-state index in [1.54, 1.807) is 0 Å². The molecule has 1 fully saturated rings. The van der Waals surface area contributed by atoms with Crippen LogP contribution in [0.5, 0.6) is 0 Å². The Morgan fingerprint density at radius 1 is 1.29 bits per heavy atom. The third kappa shape index (κ3) is 3.24. The fourth-order valence-corrected chi connectivity index (χ4v) is 3.62. The average Bonchev–Trinajstić information content (AvgIpc) is 2.77. The first kappa shape index (κ1) is 14.5. The Hall–Kier alpha value is -1.48. The van der Waals surface area contributed by atoms with Gasteiger partial charge in [-0.15, -0.1) is 0 Å². The molecule has 0 radical (unpaired) electrons. The van der Waals surface area contributed by atoms with Gasteiger partial charge in [-0.1, -0.05) is 30.9 Å². The van der Waals surface area contributed by atoms with E-state index in [-0.39, 0.29) is 6.42 Å². The van der Waals surface area contributed by atoms with Gasteiger partial charge in [0.1, 0.15) is 0 Å². The van der Waals surface area contributed by atoms with Crippen LogP contribution in [0.3, 0.4) is 0 Å². The summed E-state index contributed by atoms with van der Waals surface area (Å²) in [4.78, 5) is 11.1. The van der Waals surface area contributed by atoms with E-state index in [4.69, 9.17) is 16.7 Å². The van der Waals surface area contributed by atoms with E-state index in [0.29, 0.717) is 10.9 Å². The summed E-state index contributed by atoms with van der Waals surface area (Å²) >= 11 is 6.07. The smallest absolute Gasteiger partial charge is 0.307 e. The summed E-state index contributed by atoms with van der Waals surface area (Å²) in [6.45, 7) is 0.984. The molecule has 0 atom stereocenters. The van der Waals surface area contributed by atoms with Crippen LogP contribution in [0.25, 0.3) is 10.9 Å². The van der Waals surface area contributed by atoms with Gasteiger partial charge in [-0.05, 0) is 42.5 Å². The number of carboxylic acids is 1. The lowest BCUT2D eigenvalue weighted by molar-refractivity contribution is -0.136. The van der Waals surface area contributed by atoms with Crippen molar-refractivity contribution in [3.63, 3.8) is 0 Å². The Morgan fingerprint density at radius 2 is 2.05 bits per heavy atom. The number of carbonyl (C=O) groups is 1. The quantitative estimate of drug-likeness (QED) is 0.903. The van der Waals surface area contributed by atoms with Gasteiger partial charge in [-0.2, -0.15) is 0 Å². The van der Waals surface area contributed by atoms with Crippen molar-refractivity contribution in [2.75, 3.05) is 0 Å². The van der Waals surface area contributed by atoms with Crippen molar-refractivity contribution in [2.45, 2.75) is 45.1 Å². The minimum atomic E-state index is -0.799. The van der Waals surface area contributed by atoms with E-state index in [1.165, 1.54) is 32.1 Å². The summed E-state index contributed by atoms with van der Waals surface area (Å²) in [5, 5.41) is 10.7. The summed E-state index contributed by atoms with van der Waals surface area (Å²) < 4.78 is 2.22. The molecule has 1 aliphatic rings. The number of rotatable bonds is 4. The molecule has 3 rings (SSSR count). The Kier molecular flexibility index (Phi) is 4.20. The standard InChI is InChI=1S/C17H20ClNO2/c18-14-6-7-16-15(9-14)13(8-17(20)21)11-19(16)10-12-4-2-1-3-5-12/h6-7,9,11-12H,1-5,8,10H2,(H,20,21). The number of halogens is 1. The summed E-state index contributed by atoms with van der Waals surface area (Å²) in [6.07, 6.45) is 8.60. The van der Waals surface area contributed by atoms with Crippen molar-refractivity contribution in [3.8, 4) is 0 Å². The molecular weight excluding hydrogens is 286 g/mol. The lowest BCUT2D eigenvalue weighted by atomic mass is 9.89. The highest BCUT2D eigenvalue weighted by Gasteiger charge is 2.17. The van der Waals surface area contributed by atoms with Gasteiger partial charge in [0, 0.05) is 28.7 Å². The molecule has 0 saturated heterocycles. The maximum Gasteiger partial charge on any atom is 0.307 e. The predicted octanol–water partition coefficient (Wildman–Crippen LogP) is 4.50. The molecule has 1 aromatic carbocycles. The molecule has 1 aliphatic carbocycles. The molecule has 4 heteroatoms. The zero-order chi connectivity index (χ0) is 14.8. The summed E-state index contributed by atoms with van der Waals surface area (Å²) in [5.74, 6) is -0.0885. The van der Waals surface area contributed by atoms with Crippen LogP contribution >= 0.6 is 11.6 Å². The average molecular weight is 306 g/mol. The fourth-order valence-electron chi connectivity index (χ4n) is 3.45. The van der Waals surface area contributed by atoms with E-state index in [9.17, 15) is 4.79 Å². The molecule has 3 nitrogen and oxygen atoms in total. The van der Waals surface area contributed by atoms with Gasteiger partial charge in [0.15, 0.2) is 0 Å². The number of hydrogen-bond donors (Lipinski definition) is 1. The fraction of sp³-hybridized carbons (Fsp3) is 0.471. The van der Waals surface area contributed by atoms with Gasteiger partial charge in [0.05, 0.1) is 6.42 Å². The second kappa shape index (κ2) is 6.10. The van der Waals surface area contributed by atoms with Crippen LogP contribution in [-0.2, 0) is 17.8 Å². The zero-order valence-electron chi connectivity index (χ0n) is 12.0. The van der Waals surface area contributed by atoms with Gasteiger partial charge in [0.25, 0.3) is 0 Å². The monoisotopic (exact) mass is 305 g/mol. The SMILES string of the molecule is O=C(O)Cc1cn(CC2CCCCC2)c2ccc(Cl)cc12. The molecule has 1 N–H and O–H groups in total. The molecule has 21 heavy (non-hydrogen) atoms. The largest absolute Gasteiger partial charge is 0.481 e. The van der Waals surface area contributed by atoms with Crippen molar-refractivity contribution >= 4 is 28.5 Å².